The molecule has 24 heavy (non-hydrogen) atoms. The molecule has 1 aromatic rings. The van der Waals surface area contributed by atoms with E-state index in [0.717, 1.165) is 32.1 Å². The Morgan fingerprint density at radius 1 is 0.958 bits per heavy atom. The van der Waals surface area contributed by atoms with E-state index in [1.807, 2.05) is 0 Å². The number of hydrogen-bond donors (Lipinski definition) is 0. The lowest BCUT2D eigenvalue weighted by molar-refractivity contribution is 0.281. The van der Waals surface area contributed by atoms with Gasteiger partial charge in [-0.2, -0.15) is 8.78 Å². The van der Waals surface area contributed by atoms with Crippen LogP contribution >= 0.6 is 0 Å². The first kappa shape index (κ1) is 18.8. The smallest absolute Gasteiger partial charge is 0.206 e. The second-order valence-electron chi connectivity index (χ2n) is 6.70. The lowest BCUT2D eigenvalue weighted by Crippen LogP contribution is -2.14. The van der Waals surface area contributed by atoms with Gasteiger partial charge in [0.2, 0.25) is 0 Å². The SMILES string of the molecule is CCC/C=C/CCc1ccc(C2CCC(C(F)=C(F)F)CC2)cc1. The topological polar surface area (TPSA) is 0 Å². The molecular weight excluding hydrogens is 309 g/mol. The number of benzene rings is 1. The summed E-state index contributed by atoms with van der Waals surface area (Å²) in [6.07, 6.45) is 9.35. The Hall–Kier alpha value is -1.51. The molecule has 0 atom stereocenters. The van der Waals surface area contributed by atoms with E-state index in [1.54, 1.807) is 0 Å². The average molecular weight is 336 g/mol. The minimum absolute atomic E-state index is 0.371. The number of unbranched alkanes of at least 4 members (excludes halogenated alkanes) is 1. The van der Waals surface area contributed by atoms with Crippen molar-refractivity contribution in [3.8, 4) is 0 Å². The quantitative estimate of drug-likeness (QED) is 0.457. The summed E-state index contributed by atoms with van der Waals surface area (Å²) in [6.45, 7) is 2.18. The average Bonchev–Trinajstić information content (AvgIpc) is 2.61. The number of allylic oxidation sites excluding steroid dienone is 3. The molecule has 0 spiro atoms. The predicted molar refractivity (Wildman–Crippen MR) is 93.9 cm³/mol. The summed E-state index contributed by atoms with van der Waals surface area (Å²) in [5.74, 6) is -1.41. The molecule has 0 heterocycles. The van der Waals surface area contributed by atoms with Crippen molar-refractivity contribution in [2.45, 2.75) is 64.2 Å². The highest BCUT2D eigenvalue weighted by molar-refractivity contribution is 5.26. The molecule has 0 aromatic heterocycles. The zero-order valence-electron chi connectivity index (χ0n) is 14.4. The van der Waals surface area contributed by atoms with Crippen molar-refractivity contribution in [1.29, 1.82) is 0 Å². The zero-order valence-corrected chi connectivity index (χ0v) is 14.4. The van der Waals surface area contributed by atoms with E-state index >= 15 is 0 Å². The Morgan fingerprint density at radius 2 is 1.58 bits per heavy atom. The number of aryl methyl sites for hydroxylation is 1. The number of hydrogen-bond acceptors (Lipinski definition) is 0. The second kappa shape index (κ2) is 9.71. The van der Waals surface area contributed by atoms with Crippen LogP contribution in [0.5, 0.6) is 0 Å². The highest BCUT2D eigenvalue weighted by Gasteiger charge is 2.27. The van der Waals surface area contributed by atoms with Crippen molar-refractivity contribution < 1.29 is 13.2 Å². The monoisotopic (exact) mass is 336 g/mol. The van der Waals surface area contributed by atoms with Gasteiger partial charge in [0.15, 0.2) is 5.83 Å². The third-order valence-electron chi connectivity index (χ3n) is 4.94. The maximum absolute atomic E-state index is 13.3. The van der Waals surface area contributed by atoms with Gasteiger partial charge in [0.05, 0.1) is 0 Å². The van der Waals surface area contributed by atoms with Gasteiger partial charge < -0.3 is 0 Å². The number of halogens is 3. The Kier molecular flexibility index (Phi) is 7.61. The predicted octanol–water partition coefficient (Wildman–Crippen LogP) is 7.33. The van der Waals surface area contributed by atoms with Crippen LogP contribution in [0.25, 0.3) is 0 Å². The van der Waals surface area contributed by atoms with Gasteiger partial charge in [0.25, 0.3) is 0 Å². The van der Waals surface area contributed by atoms with Crippen molar-refractivity contribution in [1.82, 2.24) is 0 Å². The fourth-order valence-electron chi connectivity index (χ4n) is 3.44. The van der Waals surface area contributed by atoms with Crippen LogP contribution in [0.1, 0.15) is 68.9 Å². The van der Waals surface area contributed by atoms with Crippen molar-refractivity contribution in [2.75, 3.05) is 0 Å². The van der Waals surface area contributed by atoms with Gasteiger partial charge in [0, 0.05) is 5.92 Å². The molecule has 1 aromatic carbocycles. The minimum Gasteiger partial charge on any atom is -0.206 e. The first-order valence-electron chi connectivity index (χ1n) is 9.06. The molecule has 0 unspecified atom stereocenters. The molecule has 0 amide bonds. The summed E-state index contributed by atoms with van der Waals surface area (Å²) < 4.78 is 38.0. The Bertz CT molecular complexity index is 545. The fourth-order valence-corrected chi connectivity index (χ4v) is 3.44. The van der Waals surface area contributed by atoms with E-state index < -0.39 is 17.8 Å². The first-order chi connectivity index (χ1) is 11.6. The van der Waals surface area contributed by atoms with Gasteiger partial charge in [-0.15, -0.1) is 0 Å². The van der Waals surface area contributed by atoms with Crippen LogP contribution in [-0.4, -0.2) is 0 Å². The Balaban J connectivity index is 1.83. The highest BCUT2D eigenvalue weighted by Crippen LogP contribution is 2.40. The lowest BCUT2D eigenvalue weighted by atomic mass is 9.78. The van der Waals surface area contributed by atoms with E-state index in [0.29, 0.717) is 18.8 Å². The molecule has 2 rings (SSSR count). The molecule has 3 heteroatoms. The third-order valence-corrected chi connectivity index (χ3v) is 4.94. The van der Waals surface area contributed by atoms with Gasteiger partial charge in [-0.3, -0.25) is 0 Å². The van der Waals surface area contributed by atoms with Gasteiger partial charge in [-0.1, -0.05) is 49.8 Å². The lowest BCUT2D eigenvalue weighted by Gasteiger charge is -2.27. The van der Waals surface area contributed by atoms with E-state index in [9.17, 15) is 13.2 Å². The van der Waals surface area contributed by atoms with Gasteiger partial charge >= 0.3 is 6.08 Å². The van der Waals surface area contributed by atoms with Crippen LogP contribution < -0.4 is 0 Å². The van der Waals surface area contributed by atoms with Crippen molar-refractivity contribution in [3.63, 3.8) is 0 Å². The molecule has 0 bridgehead atoms. The molecule has 1 aliphatic carbocycles. The molecular formula is C21H27F3. The normalized spacial score (nSPS) is 21.2. The van der Waals surface area contributed by atoms with Crippen LogP contribution in [0.15, 0.2) is 48.3 Å². The van der Waals surface area contributed by atoms with Crippen LogP contribution in [-0.2, 0) is 6.42 Å². The maximum atomic E-state index is 13.3. The standard InChI is InChI=1S/C21H27F3/c1-2-3-4-5-6-7-16-8-10-17(11-9-16)18-12-14-19(15-13-18)20(22)21(23)24/h4-5,8-11,18-19H,2-3,6-7,12-15H2,1H3/b5-4+. The van der Waals surface area contributed by atoms with Crippen molar-refractivity contribution in [2.24, 2.45) is 5.92 Å². The van der Waals surface area contributed by atoms with E-state index in [-0.39, 0.29) is 0 Å². The van der Waals surface area contributed by atoms with Crippen molar-refractivity contribution in [3.05, 3.63) is 59.5 Å². The summed E-state index contributed by atoms with van der Waals surface area (Å²) in [5, 5.41) is 0. The fraction of sp³-hybridized carbons (Fsp3) is 0.524. The maximum Gasteiger partial charge on any atom is 0.301 e. The largest absolute Gasteiger partial charge is 0.301 e. The molecule has 0 N–H and O–H groups in total. The van der Waals surface area contributed by atoms with Gasteiger partial charge in [-0.25, -0.2) is 4.39 Å². The van der Waals surface area contributed by atoms with E-state index in [1.165, 1.54) is 17.5 Å². The molecule has 132 valence electrons. The van der Waals surface area contributed by atoms with Crippen LogP contribution in [0.4, 0.5) is 13.2 Å². The first-order valence-corrected chi connectivity index (χ1v) is 9.06. The minimum atomic E-state index is -2.14. The molecule has 1 aliphatic rings. The summed E-state index contributed by atoms with van der Waals surface area (Å²) in [7, 11) is 0. The summed E-state index contributed by atoms with van der Waals surface area (Å²) >= 11 is 0. The van der Waals surface area contributed by atoms with Gasteiger partial charge in [0.1, 0.15) is 0 Å². The van der Waals surface area contributed by atoms with Crippen LogP contribution in [0.2, 0.25) is 0 Å². The van der Waals surface area contributed by atoms with Crippen LogP contribution in [0, 0.1) is 5.92 Å². The Morgan fingerprint density at radius 3 is 2.17 bits per heavy atom. The molecule has 0 saturated heterocycles. The zero-order chi connectivity index (χ0) is 17.4. The highest BCUT2D eigenvalue weighted by atomic mass is 19.3. The molecule has 1 saturated carbocycles. The van der Waals surface area contributed by atoms with Crippen LogP contribution in [0.3, 0.4) is 0 Å². The van der Waals surface area contributed by atoms with Gasteiger partial charge in [-0.05, 0) is 62.0 Å². The van der Waals surface area contributed by atoms with E-state index in [4.69, 9.17) is 0 Å². The Labute approximate surface area is 143 Å². The third kappa shape index (κ3) is 5.54. The summed E-state index contributed by atoms with van der Waals surface area (Å²) in [4.78, 5) is 0. The second-order valence-corrected chi connectivity index (χ2v) is 6.70. The summed E-state index contributed by atoms with van der Waals surface area (Å²) in [6, 6.07) is 8.63. The van der Waals surface area contributed by atoms with E-state index in [2.05, 4.69) is 43.3 Å². The molecule has 1 fully saturated rings. The molecule has 0 aliphatic heterocycles. The molecule has 0 radical (unpaired) electrons. The number of rotatable bonds is 7. The summed E-state index contributed by atoms with van der Waals surface area (Å²) in [5.41, 5.74) is 2.57. The van der Waals surface area contributed by atoms with Crippen molar-refractivity contribution >= 4 is 0 Å². The molecule has 0 nitrogen and oxygen atoms in total.